The molecule has 0 aromatic heterocycles. The molecular formula is C41H54N2O7S. The molecule has 2 N–H and O–H groups in total. The van der Waals surface area contributed by atoms with E-state index in [1.807, 2.05) is 42.3 Å². The first-order valence-corrected chi connectivity index (χ1v) is 19.6. The zero-order chi connectivity index (χ0) is 35.8. The lowest BCUT2D eigenvalue weighted by molar-refractivity contribution is -0.255. The lowest BCUT2D eigenvalue weighted by Gasteiger charge is -2.59. The SMILES string of the molecule is C=CCOC12Oc3ccc(OCCSc4ccccc4)cc3C3C(CCCCO)C(CCCCO)C=C(C(=NOC)CC1N(C)C(=O)C1CC1)C32. The second-order valence-electron chi connectivity index (χ2n) is 14.2. The fourth-order valence-corrected chi connectivity index (χ4v) is 9.29. The third-order valence-electron chi connectivity index (χ3n) is 11.0. The highest BCUT2D eigenvalue weighted by molar-refractivity contribution is 7.99. The van der Waals surface area contributed by atoms with Gasteiger partial charge in [0, 0.05) is 54.7 Å². The lowest BCUT2D eigenvalue weighted by Crippen LogP contribution is -2.69. The standard InChI is InChI=1S/C41H54N2O7S/c1-4-22-49-41-37(43(2)40(46)28-16-17-28)27-35(42-47-3)33-25-29(12-8-10-20-44)32(15-9-11-21-45)38(39(33)41)34-26-30(18-19-36(34)50-41)48-23-24-51-31-13-6-5-7-14-31/h4-7,13-14,18-19,25-26,28-29,32,37-39,44-45H,1,8-12,15-17,20-24,27H2,2-3H3. The van der Waals surface area contributed by atoms with Gasteiger partial charge in [0.1, 0.15) is 24.7 Å². The van der Waals surface area contributed by atoms with Crippen LogP contribution < -0.4 is 9.47 Å². The lowest BCUT2D eigenvalue weighted by atomic mass is 9.55. The molecule has 6 atom stereocenters. The van der Waals surface area contributed by atoms with Gasteiger partial charge < -0.3 is 34.2 Å². The molecule has 6 rings (SSSR count). The highest BCUT2D eigenvalue weighted by atomic mass is 32.2. The smallest absolute Gasteiger partial charge is 0.239 e. The fraction of sp³-hybridized carbons (Fsp3) is 0.561. The number of carbonyl (C=O) groups is 1. The second kappa shape index (κ2) is 17.5. The van der Waals surface area contributed by atoms with E-state index in [1.165, 1.54) is 4.90 Å². The van der Waals surface area contributed by atoms with Crippen LogP contribution in [0.1, 0.15) is 69.3 Å². The highest BCUT2D eigenvalue weighted by Gasteiger charge is 2.65. The minimum atomic E-state index is -1.20. The van der Waals surface area contributed by atoms with Crippen molar-refractivity contribution in [2.24, 2.45) is 28.8 Å². The molecule has 1 amide bonds. The van der Waals surface area contributed by atoms with Gasteiger partial charge in [-0.05, 0) is 86.3 Å². The number of oxime groups is 1. The number of ether oxygens (including phenoxy) is 3. The number of likely N-dealkylation sites (N-methyl/N-ethyl adjacent to an activating group) is 1. The van der Waals surface area contributed by atoms with Crippen LogP contribution in [0.2, 0.25) is 0 Å². The van der Waals surface area contributed by atoms with Crippen LogP contribution in [0.15, 0.2) is 82.9 Å². The average molecular weight is 719 g/mol. The number of benzene rings is 2. The number of amides is 1. The molecule has 0 saturated heterocycles. The van der Waals surface area contributed by atoms with E-state index < -0.39 is 11.8 Å². The summed E-state index contributed by atoms with van der Waals surface area (Å²) in [7, 11) is 3.45. The first-order valence-electron chi connectivity index (χ1n) is 18.6. The Hall–Kier alpha value is -3.31. The molecule has 51 heavy (non-hydrogen) atoms. The first-order chi connectivity index (χ1) is 24.9. The van der Waals surface area contributed by atoms with Gasteiger partial charge in [-0.15, -0.1) is 18.3 Å². The molecule has 2 aromatic rings. The Morgan fingerprint density at radius 2 is 1.86 bits per heavy atom. The third kappa shape index (κ3) is 8.19. The van der Waals surface area contributed by atoms with Gasteiger partial charge in [0.15, 0.2) is 0 Å². The summed E-state index contributed by atoms with van der Waals surface area (Å²) < 4.78 is 20.5. The molecule has 0 spiro atoms. The molecule has 4 aliphatic rings. The van der Waals surface area contributed by atoms with Gasteiger partial charge in [-0.25, -0.2) is 0 Å². The summed E-state index contributed by atoms with van der Waals surface area (Å²) in [5.41, 5.74) is 2.91. The monoisotopic (exact) mass is 718 g/mol. The molecular weight excluding hydrogens is 665 g/mol. The summed E-state index contributed by atoms with van der Waals surface area (Å²) in [4.78, 5) is 22.3. The zero-order valence-electron chi connectivity index (χ0n) is 30.1. The number of thioether (sulfide) groups is 1. The predicted octanol–water partition coefficient (Wildman–Crippen LogP) is 6.99. The van der Waals surface area contributed by atoms with Crippen LogP contribution in [0.5, 0.6) is 11.5 Å². The molecule has 2 saturated carbocycles. The highest BCUT2D eigenvalue weighted by Crippen LogP contribution is 2.62. The number of unbranched alkanes of at least 4 members (excludes halogenated alkanes) is 2. The number of nitrogens with zero attached hydrogens (tertiary/aromatic N) is 2. The Morgan fingerprint density at radius 1 is 1.10 bits per heavy atom. The Labute approximate surface area is 307 Å². The van der Waals surface area contributed by atoms with Gasteiger partial charge in [-0.1, -0.05) is 48.3 Å². The van der Waals surface area contributed by atoms with Crippen molar-refractivity contribution in [3.8, 4) is 11.5 Å². The summed E-state index contributed by atoms with van der Waals surface area (Å²) in [5.74, 6) is 1.24. The molecule has 3 aliphatic carbocycles. The van der Waals surface area contributed by atoms with Gasteiger partial charge in [-0.3, -0.25) is 4.79 Å². The summed E-state index contributed by atoms with van der Waals surface area (Å²) >= 11 is 1.77. The van der Waals surface area contributed by atoms with Crippen molar-refractivity contribution in [1.82, 2.24) is 4.90 Å². The summed E-state index contributed by atoms with van der Waals surface area (Å²) in [6, 6.07) is 16.0. The van der Waals surface area contributed by atoms with Crippen LogP contribution in [0.25, 0.3) is 0 Å². The van der Waals surface area contributed by atoms with Gasteiger partial charge in [0.05, 0.1) is 24.8 Å². The molecule has 1 heterocycles. The summed E-state index contributed by atoms with van der Waals surface area (Å²) in [6.07, 6.45) is 11.3. The van der Waals surface area contributed by atoms with Crippen molar-refractivity contribution in [2.75, 3.05) is 46.3 Å². The van der Waals surface area contributed by atoms with Gasteiger partial charge >= 0.3 is 0 Å². The second-order valence-corrected chi connectivity index (χ2v) is 15.4. The minimum absolute atomic E-state index is 0.0196. The van der Waals surface area contributed by atoms with E-state index >= 15 is 0 Å². The number of aliphatic hydroxyl groups is 2. The zero-order valence-corrected chi connectivity index (χ0v) is 30.9. The number of carbonyl (C=O) groups excluding carboxylic acids is 1. The van der Waals surface area contributed by atoms with Gasteiger partial charge in [-0.2, -0.15) is 0 Å². The van der Waals surface area contributed by atoms with E-state index in [-0.39, 0.29) is 55.3 Å². The van der Waals surface area contributed by atoms with Crippen molar-refractivity contribution < 1.29 is 34.1 Å². The Balaban J connectivity index is 1.45. The van der Waals surface area contributed by atoms with E-state index in [0.717, 1.165) is 85.5 Å². The molecule has 10 heteroatoms. The maximum Gasteiger partial charge on any atom is 0.239 e. The predicted molar refractivity (Wildman–Crippen MR) is 200 cm³/mol. The summed E-state index contributed by atoms with van der Waals surface area (Å²) in [6.45, 7) is 5.08. The van der Waals surface area contributed by atoms with E-state index in [2.05, 4.69) is 36.0 Å². The molecule has 6 unspecified atom stereocenters. The number of aliphatic hydroxyl groups excluding tert-OH is 2. The molecule has 0 radical (unpaired) electrons. The number of rotatable bonds is 19. The molecule has 276 valence electrons. The molecule has 0 bridgehead atoms. The normalized spacial score (nSPS) is 27.1. The quantitative estimate of drug-likeness (QED) is 0.0693. The van der Waals surface area contributed by atoms with Crippen molar-refractivity contribution in [3.05, 3.63) is 78.4 Å². The van der Waals surface area contributed by atoms with E-state index in [9.17, 15) is 15.0 Å². The van der Waals surface area contributed by atoms with Crippen LogP contribution in [0.3, 0.4) is 0 Å². The number of allylic oxidation sites excluding steroid dienone is 1. The summed E-state index contributed by atoms with van der Waals surface area (Å²) in [5, 5.41) is 24.2. The Kier molecular flexibility index (Phi) is 12.8. The Morgan fingerprint density at radius 3 is 2.57 bits per heavy atom. The van der Waals surface area contributed by atoms with Crippen molar-refractivity contribution in [1.29, 1.82) is 0 Å². The van der Waals surface area contributed by atoms with Gasteiger partial charge in [0.25, 0.3) is 0 Å². The first kappa shape index (κ1) is 37.4. The largest absolute Gasteiger partial charge is 0.493 e. The van der Waals surface area contributed by atoms with Crippen LogP contribution >= 0.6 is 11.8 Å². The maximum atomic E-state index is 13.8. The molecule has 9 nitrogen and oxygen atoms in total. The van der Waals surface area contributed by atoms with Crippen molar-refractivity contribution >= 4 is 23.4 Å². The molecule has 2 aromatic carbocycles. The topological polar surface area (TPSA) is 110 Å². The van der Waals surface area contributed by atoms with Crippen molar-refractivity contribution in [3.63, 3.8) is 0 Å². The van der Waals surface area contributed by atoms with E-state index in [1.54, 1.807) is 24.9 Å². The molecule has 1 aliphatic heterocycles. The van der Waals surface area contributed by atoms with Crippen LogP contribution in [-0.2, 0) is 14.4 Å². The van der Waals surface area contributed by atoms with Crippen LogP contribution in [0, 0.1) is 23.7 Å². The molecule has 2 fully saturated rings. The minimum Gasteiger partial charge on any atom is -0.493 e. The van der Waals surface area contributed by atoms with Gasteiger partial charge in [0.2, 0.25) is 11.7 Å². The fourth-order valence-electron chi connectivity index (χ4n) is 8.54. The number of hydrogen-bond donors (Lipinski definition) is 2. The average Bonchev–Trinajstić information content (AvgIpc) is 4.00. The third-order valence-corrected chi connectivity index (χ3v) is 11.9. The van der Waals surface area contributed by atoms with E-state index in [4.69, 9.17) is 19.0 Å². The number of hydrogen-bond acceptors (Lipinski definition) is 9. The van der Waals surface area contributed by atoms with Crippen LogP contribution in [0.4, 0.5) is 0 Å². The maximum absolute atomic E-state index is 13.8. The Bertz CT molecular complexity index is 1550. The number of fused-ring (bicyclic) bond motifs is 2. The van der Waals surface area contributed by atoms with E-state index in [0.29, 0.717) is 13.0 Å². The van der Waals surface area contributed by atoms with Crippen molar-refractivity contribution in [2.45, 2.75) is 80.4 Å². The van der Waals surface area contributed by atoms with Crippen LogP contribution in [-0.4, -0.2) is 84.9 Å².